The first-order valence-corrected chi connectivity index (χ1v) is 7.56. The van der Waals surface area contributed by atoms with Crippen molar-refractivity contribution in [1.82, 2.24) is 9.88 Å². The Hall–Kier alpha value is -1.69. The van der Waals surface area contributed by atoms with Crippen molar-refractivity contribution in [2.75, 3.05) is 18.4 Å². The molecule has 2 aromatic rings. The average Bonchev–Trinajstić information content (AvgIpc) is 3.05. The Bertz CT molecular complexity index is 636. The van der Waals surface area contributed by atoms with Crippen molar-refractivity contribution in [3.63, 3.8) is 0 Å². The summed E-state index contributed by atoms with van der Waals surface area (Å²) < 4.78 is 14.0. The molecule has 3 rings (SSSR count). The molecule has 6 heteroatoms. The minimum atomic E-state index is -0.307. The summed E-state index contributed by atoms with van der Waals surface area (Å²) in [4.78, 5) is 18.4. The van der Waals surface area contributed by atoms with E-state index in [1.54, 1.807) is 6.07 Å². The highest BCUT2D eigenvalue weighted by Gasteiger charge is 2.23. The smallest absolute Gasteiger partial charge is 0.244 e. The highest BCUT2D eigenvalue weighted by atomic mass is 32.1. The molecular weight excluding hydrogens is 277 g/mol. The summed E-state index contributed by atoms with van der Waals surface area (Å²) in [6, 6.07) is 4.23. The SMILES string of the molecule is CC(Nc1nc2cc(F)ccc2s1)C(=O)N1CCCC1. The second-order valence-corrected chi connectivity index (χ2v) is 6.06. The number of carbonyl (C=O) groups is 1. The number of carbonyl (C=O) groups excluding carboxylic acids is 1. The number of anilines is 1. The summed E-state index contributed by atoms with van der Waals surface area (Å²) in [6.07, 6.45) is 2.16. The van der Waals surface area contributed by atoms with Crippen LogP contribution in [0.2, 0.25) is 0 Å². The van der Waals surface area contributed by atoms with Crippen molar-refractivity contribution in [2.24, 2.45) is 0 Å². The number of hydrogen-bond acceptors (Lipinski definition) is 4. The molecule has 1 amide bonds. The number of aromatic nitrogens is 1. The zero-order chi connectivity index (χ0) is 14.1. The summed E-state index contributed by atoms with van der Waals surface area (Å²) in [6.45, 7) is 3.53. The lowest BCUT2D eigenvalue weighted by atomic mass is 10.3. The maximum atomic E-state index is 13.1. The Labute approximate surface area is 120 Å². The van der Waals surface area contributed by atoms with Crippen LogP contribution in [-0.4, -0.2) is 34.9 Å². The van der Waals surface area contributed by atoms with E-state index in [2.05, 4.69) is 10.3 Å². The normalized spacial score (nSPS) is 16.6. The van der Waals surface area contributed by atoms with Crippen molar-refractivity contribution in [3.8, 4) is 0 Å². The monoisotopic (exact) mass is 293 g/mol. The van der Waals surface area contributed by atoms with Gasteiger partial charge < -0.3 is 10.2 Å². The summed E-state index contributed by atoms with van der Waals surface area (Å²) in [5.41, 5.74) is 0.623. The summed E-state index contributed by atoms with van der Waals surface area (Å²) in [5.74, 6) is -0.191. The van der Waals surface area contributed by atoms with Crippen molar-refractivity contribution in [1.29, 1.82) is 0 Å². The second-order valence-electron chi connectivity index (χ2n) is 5.03. The summed E-state index contributed by atoms with van der Waals surface area (Å²) >= 11 is 1.43. The third kappa shape index (κ3) is 2.60. The van der Waals surface area contributed by atoms with Crippen molar-refractivity contribution in [2.45, 2.75) is 25.8 Å². The maximum Gasteiger partial charge on any atom is 0.244 e. The van der Waals surface area contributed by atoms with Gasteiger partial charge >= 0.3 is 0 Å². The summed E-state index contributed by atoms with van der Waals surface area (Å²) in [5, 5.41) is 3.78. The van der Waals surface area contributed by atoms with Gasteiger partial charge in [-0.25, -0.2) is 9.37 Å². The number of nitrogens with one attached hydrogen (secondary N) is 1. The van der Waals surface area contributed by atoms with Gasteiger partial charge in [-0.2, -0.15) is 0 Å². The first-order valence-electron chi connectivity index (χ1n) is 6.75. The molecule has 1 aliphatic heterocycles. The van der Waals surface area contributed by atoms with Gasteiger partial charge in [0.25, 0.3) is 0 Å². The topological polar surface area (TPSA) is 45.2 Å². The third-order valence-corrected chi connectivity index (χ3v) is 4.45. The van der Waals surface area contributed by atoms with Crippen LogP contribution >= 0.6 is 11.3 Å². The molecule has 1 fully saturated rings. The van der Waals surface area contributed by atoms with Gasteiger partial charge in [-0.3, -0.25) is 4.79 Å². The molecule has 0 saturated carbocycles. The Balaban J connectivity index is 1.73. The van der Waals surface area contributed by atoms with Gasteiger partial charge in [-0.05, 0) is 31.9 Å². The summed E-state index contributed by atoms with van der Waals surface area (Å²) in [7, 11) is 0. The lowest BCUT2D eigenvalue weighted by Gasteiger charge is -2.20. The van der Waals surface area contributed by atoms with Crippen LogP contribution in [-0.2, 0) is 4.79 Å². The minimum Gasteiger partial charge on any atom is -0.350 e. The number of amides is 1. The fourth-order valence-electron chi connectivity index (χ4n) is 2.42. The van der Waals surface area contributed by atoms with Crippen molar-refractivity contribution >= 4 is 32.6 Å². The lowest BCUT2D eigenvalue weighted by molar-refractivity contribution is -0.130. The van der Waals surface area contributed by atoms with E-state index in [0.29, 0.717) is 10.6 Å². The lowest BCUT2D eigenvalue weighted by Crippen LogP contribution is -2.39. The first kappa shape index (κ1) is 13.3. The first-order chi connectivity index (χ1) is 9.63. The molecule has 1 unspecified atom stereocenters. The zero-order valence-corrected chi connectivity index (χ0v) is 12.0. The van der Waals surface area contributed by atoms with Crippen LogP contribution in [0.25, 0.3) is 10.2 Å². The molecule has 0 spiro atoms. The molecule has 1 N–H and O–H groups in total. The van der Waals surface area contributed by atoms with E-state index in [-0.39, 0.29) is 17.8 Å². The average molecular weight is 293 g/mol. The third-order valence-electron chi connectivity index (χ3n) is 3.48. The van der Waals surface area contributed by atoms with Crippen molar-refractivity contribution in [3.05, 3.63) is 24.0 Å². The van der Waals surface area contributed by atoms with Crippen LogP contribution in [0, 0.1) is 5.82 Å². The van der Waals surface area contributed by atoms with E-state index in [0.717, 1.165) is 30.6 Å². The zero-order valence-electron chi connectivity index (χ0n) is 11.2. The van der Waals surface area contributed by atoms with Crippen LogP contribution in [0.3, 0.4) is 0 Å². The second kappa shape index (κ2) is 5.36. The Morgan fingerprint density at radius 2 is 2.20 bits per heavy atom. The number of benzene rings is 1. The van der Waals surface area contributed by atoms with Crippen LogP contribution < -0.4 is 5.32 Å². The van der Waals surface area contributed by atoms with Crippen LogP contribution in [0.4, 0.5) is 9.52 Å². The molecule has 0 aliphatic carbocycles. The molecule has 106 valence electrons. The number of likely N-dealkylation sites (tertiary alicyclic amines) is 1. The van der Waals surface area contributed by atoms with Gasteiger partial charge in [0.15, 0.2) is 5.13 Å². The van der Waals surface area contributed by atoms with E-state index in [9.17, 15) is 9.18 Å². The number of rotatable bonds is 3. The Morgan fingerprint density at radius 3 is 2.95 bits per heavy atom. The molecule has 1 aliphatic rings. The predicted molar refractivity (Wildman–Crippen MR) is 78.5 cm³/mol. The van der Waals surface area contributed by atoms with Crippen LogP contribution in [0.1, 0.15) is 19.8 Å². The van der Waals surface area contributed by atoms with Crippen LogP contribution in [0.5, 0.6) is 0 Å². The van der Waals surface area contributed by atoms with E-state index >= 15 is 0 Å². The Morgan fingerprint density at radius 1 is 1.45 bits per heavy atom. The van der Waals surface area contributed by atoms with Gasteiger partial charge in [0.1, 0.15) is 11.9 Å². The number of halogens is 1. The maximum absolute atomic E-state index is 13.1. The molecule has 0 radical (unpaired) electrons. The molecule has 20 heavy (non-hydrogen) atoms. The fraction of sp³-hybridized carbons (Fsp3) is 0.429. The quantitative estimate of drug-likeness (QED) is 0.946. The highest BCUT2D eigenvalue weighted by Crippen LogP contribution is 2.27. The molecule has 1 atom stereocenters. The van der Waals surface area contributed by atoms with E-state index in [1.165, 1.54) is 23.5 Å². The van der Waals surface area contributed by atoms with E-state index < -0.39 is 0 Å². The van der Waals surface area contributed by atoms with Gasteiger partial charge in [0, 0.05) is 19.2 Å². The number of thiazole rings is 1. The van der Waals surface area contributed by atoms with Gasteiger partial charge in [0.05, 0.1) is 10.2 Å². The molecule has 0 bridgehead atoms. The standard InChI is InChI=1S/C14H16FN3OS/c1-9(13(19)18-6-2-3-7-18)16-14-17-11-8-10(15)4-5-12(11)20-14/h4-5,8-9H,2-3,6-7H2,1H3,(H,16,17). The molecule has 1 aromatic carbocycles. The van der Waals surface area contributed by atoms with Gasteiger partial charge in [0.2, 0.25) is 5.91 Å². The molecule has 1 saturated heterocycles. The predicted octanol–water partition coefficient (Wildman–Crippen LogP) is 2.86. The minimum absolute atomic E-state index is 0.105. The molecular formula is C14H16FN3OS. The molecule has 2 heterocycles. The fourth-order valence-corrected chi connectivity index (χ4v) is 3.35. The number of hydrogen-bond donors (Lipinski definition) is 1. The Kier molecular flexibility index (Phi) is 3.56. The highest BCUT2D eigenvalue weighted by molar-refractivity contribution is 7.22. The number of fused-ring (bicyclic) bond motifs is 1. The molecule has 4 nitrogen and oxygen atoms in total. The van der Waals surface area contributed by atoms with Gasteiger partial charge in [-0.1, -0.05) is 11.3 Å². The van der Waals surface area contributed by atoms with Crippen molar-refractivity contribution < 1.29 is 9.18 Å². The van der Waals surface area contributed by atoms with Crippen LogP contribution in [0.15, 0.2) is 18.2 Å². The largest absolute Gasteiger partial charge is 0.350 e. The number of nitrogens with zero attached hydrogens (tertiary/aromatic N) is 2. The van der Waals surface area contributed by atoms with Gasteiger partial charge in [-0.15, -0.1) is 0 Å². The molecule has 1 aromatic heterocycles. The van der Waals surface area contributed by atoms with E-state index in [4.69, 9.17) is 0 Å². The van der Waals surface area contributed by atoms with E-state index in [1.807, 2.05) is 11.8 Å².